The van der Waals surface area contributed by atoms with Crippen molar-refractivity contribution >= 4 is 11.1 Å². The summed E-state index contributed by atoms with van der Waals surface area (Å²) in [7, 11) is 0. The number of rotatable bonds is 8. The van der Waals surface area contributed by atoms with Crippen molar-refractivity contribution in [2.45, 2.75) is 47.1 Å². The third-order valence-electron chi connectivity index (χ3n) is 5.00. The second kappa shape index (κ2) is 9.44. The normalized spacial score (nSPS) is 12.3. The Hall–Kier alpha value is -2.26. The minimum Gasteiger partial charge on any atom is -0.508 e. The van der Waals surface area contributed by atoms with Crippen LogP contribution < -0.4 is 0 Å². The predicted molar refractivity (Wildman–Crippen MR) is 110 cm³/mol. The smallest absolute Gasteiger partial charge is 0.120 e. The van der Waals surface area contributed by atoms with Crippen molar-refractivity contribution in [2.24, 2.45) is 0 Å². The zero-order valence-electron chi connectivity index (χ0n) is 16.4. The van der Waals surface area contributed by atoms with E-state index in [0.717, 1.165) is 49.2 Å². The summed E-state index contributed by atoms with van der Waals surface area (Å²) in [4.78, 5) is 2.30. The van der Waals surface area contributed by atoms with Gasteiger partial charge >= 0.3 is 0 Å². The Kier molecular flexibility index (Phi) is 7.28. The number of allylic oxidation sites excluding steroid dienone is 2. The van der Waals surface area contributed by atoms with E-state index in [2.05, 4.69) is 38.7 Å². The molecule has 2 aromatic rings. The Morgan fingerprint density at radius 1 is 0.769 bits per heavy atom. The first-order valence-electron chi connectivity index (χ1n) is 9.59. The van der Waals surface area contributed by atoms with Gasteiger partial charge in [-0.3, -0.25) is 4.90 Å². The van der Waals surface area contributed by atoms with Crippen LogP contribution in [-0.2, 0) is 6.54 Å². The maximum atomic E-state index is 10.3. The monoisotopic (exact) mass is 353 g/mol. The summed E-state index contributed by atoms with van der Waals surface area (Å²) < 4.78 is 0. The standard InChI is InChI=1S/C23H31NO2/c1-5-21(17-9-12-20(25)13-10-17)22(6-2)18-11-14-23(26)19(15-18)16-24(7-3)8-4/h9-15,25-26H,5-8,16H2,1-4H3. The third kappa shape index (κ3) is 4.67. The molecule has 0 fully saturated rings. The molecule has 0 aliphatic carbocycles. The summed E-state index contributed by atoms with van der Waals surface area (Å²) >= 11 is 0. The molecule has 0 aliphatic heterocycles. The predicted octanol–water partition coefficient (Wildman–Crippen LogP) is 5.67. The van der Waals surface area contributed by atoms with Gasteiger partial charge in [-0.05, 0) is 72.5 Å². The van der Waals surface area contributed by atoms with Gasteiger partial charge in [-0.2, -0.15) is 0 Å². The highest BCUT2D eigenvalue weighted by molar-refractivity contribution is 5.91. The van der Waals surface area contributed by atoms with Crippen LogP contribution >= 0.6 is 0 Å². The maximum absolute atomic E-state index is 10.3. The molecule has 0 radical (unpaired) electrons. The van der Waals surface area contributed by atoms with Crippen LogP contribution in [0.2, 0.25) is 0 Å². The van der Waals surface area contributed by atoms with Crippen LogP contribution in [0.15, 0.2) is 42.5 Å². The van der Waals surface area contributed by atoms with E-state index in [9.17, 15) is 10.2 Å². The van der Waals surface area contributed by atoms with Crippen LogP contribution in [-0.4, -0.2) is 28.2 Å². The Morgan fingerprint density at radius 2 is 1.31 bits per heavy atom. The molecule has 2 rings (SSSR count). The fourth-order valence-corrected chi connectivity index (χ4v) is 3.43. The average Bonchev–Trinajstić information content (AvgIpc) is 2.66. The first-order valence-corrected chi connectivity index (χ1v) is 9.59. The van der Waals surface area contributed by atoms with Crippen LogP contribution in [0.3, 0.4) is 0 Å². The summed E-state index contributed by atoms with van der Waals surface area (Å²) in [6.45, 7) is 11.3. The Bertz CT molecular complexity index is 743. The van der Waals surface area contributed by atoms with Gasteiger partial charge in [0, 0.05) is 12.1 Å². The number of phenols is 2. The van der Waals surface area contributed by atoms with Gasteiger partial charge in [-0.1, -0.05) is 45.9 Å². The van der Waals surface area contributed by atoms with Gasteiger partial charge in [0.15, 0.2) is 0 Å². The van der Waals surface area contributed by atoms with Gasteiger partial charge in [0.2, 0.25) is 0 Å². The van der Waals surface area contributed by atoms with E-state index in [4.69, 9.17) is 0 Å². The number of hydrogen-bond donors (Lipinski definition) is 2. The lowest BCUT2D eigenvalue weighted by Crippen LogP contribution is -2.22. The third-order valence-corrected chi connectivity index (χ3v) is 5.00. The molecule has 0 amide bonds. The van der Waals surface area contributed by atoms with Crippen LogP contribution in [0, 0.1) is 0 Å². The highest BCUT2D eigenvalue weighted by Crippen LogP contribution is 2.34. The summed E-state index contributed by atoms with van der Waals surface area (Å²) in [6, 6.07) is 13.4. The lowest BCUT2D eigenvalue weighted by atomic mass is 9.90. The van der Waals surface area contributed by atoms with Gasteiger partial charge < -0.3 is 10.2 Å². The molecule has 2 N–H and O–H groups in total. The number of hydrogen-bond acceptors (Lipinski definition) is 3. The number of benzene rings is 2. The molecule has 0 aliphatic rings. The van der Waals surface area contributed by atoms with Crippen molar-refractivity contribution in [3.8, 4) is 11.5 Å². The molecule has 0 spiro atoms. The topological polar surface area (TPSA) is 43.7 Å². The summed E-state index contributed by atoms with van der Waals surface area (Å²) in [6.07, 6.45) is 1.83. The Morgan fingerprint density at radius 3 is 1.85 bits per heavy atom. The zero-order valence-corrected chi connectivity index (χ0v) is 16.4. The number of phenolic OH excluding ortho intramolecular Hbond substituents is 2. The van der Waals surface area contributed by atoms with Gasteiger partial charge in [-0.25, -0.2) is 0 Å². The highest BCUT2D eigenvalue weighted by Gasteiger charge is 2.13. The second-order valence-electron chi connectivity index (χ2n) is 6.52. The van der Waals surface area contributed by atoms with Crippen molar-refractivity contribution in [1.82, 2.24) is 4.90 Å². The summed E-state index contributed by atoms with van der Waals surface area (Å²) in [5, 5.41) is 19.9. The van der Waals surface area contributed by atoms with Crippen LogP contribution in [0.5, 0.6) is 11.5 Å². The molecular formula is C23H31NO2. The fourth-order valence-electron chi connectivity index (χ4n) is 3.43. The molecule has 0 saturated carbocycles. The highest BCUT2D eigenvalue weighted by atomic mass is 16.3. The number of nitrogens with zero attached hydrogens (tertiary/aromatic N) is 1. The summed E-state index contributed by atoms with van der Waals surface area (Å²) in [5.41, 5.74) is 5.85. The molecule has 26 heavy (non-hydrogen) atoms. The average molecular weight is 354 g/mol. The molecule has 0 atom stereocenters. The molecule has 2 aromatic carbocycles. The minimum atomic E-state index is 0.286. The lowest BCUT2D eigenvalue weighted by molar-refractivity contribution is 0.291. The van der Waals surface area contributed by atoms with E-state index >= 15 is 0 Å². The van der Waals surface area contributed by atoms with Crippen LogP contribution in [0.1, 0.15) is 57.2 Å². The van der Waals surface area contributed by atoms with Crippen LogP contribution in [0.4, 0.5) is 0 Å². The summed E-state index contributed by atoms with van der Waals surface area (Å²) in [5.74, 6) is 0.646. The first kappa shape index (κ1) is 20.1. The van der Waals surface area contributed by atoms with Crippen LogP contribution in [0.25, 0.3) is 11.1 Å². The molecule has 0 unspecified atom stereocenters. The Balaban J connectivity index is 2.49. The quantitative estimate of drug-likeness (QED) is 0.601. The van der Waals surface area contributed by atoms with Gasteiger partial charge in [0.25, 0.3) is 0 Å². The van der Waals surface area contributed by atoms with E-state index in [0.29, 0.717) is 5.75 Å². The van der Waals surface area contributed by atoms with Gasteiger partial charge in [-0.15, -0.1) is 0 Å². The van der Waals surface area contributed by atoms with E-state index in [1.165, 1.54) is 11.1 Å². The lowest BCUT2D eigenvalue weighted by Gasteiger charge is -2.20. The van der Waals surface area contributed by atoms with Crippen molar-refractivity contribution < 1.29 is 10.2 Å². The van der Waals surface area contributed by atoms with Gasteiger partial charge in [0.1, 0.15) is 11.5 Å². The molecule has 0 aromatic heterocycles. The minimum absolute atomic E-state index is 0.286. The molecule has 0 heterocycles. The largest absolute Gasteiger partial charge is 0.508 e. The molecular weight excluding hydrogens is 322 g/mol. The molecule has 3 nitrogen and oxygen atoms in total. The molecule has 140 valence electrons. The van der Waals surface area contributed by atoms with E-state index in [1.807, 2.05) is 24.3 Å². The zero-order chi connectivity index (χ0) is 19.1. The van der Waals surface area contributed by atoms with Crippen molar-refractivity contribution in [2.75, 3.05) is 13.1 Å². The SMILES string of the molecule is CCC(=C(CC)c1ccc(O)c(CN(CC)CC)c1)c1ccc(O)cc1. The fraction of sp³-hybridized carbons (Fsp3) is 0.391. The van der Waals surface area contributed by atoms with Crippen molar-refractivity contribution in [3.05, 3.63) is 59.2 Å². The number of aromatic hydroxyl groups is 2. The molecule has 3 heteroatoms. The first-order chi connectivity index (χ1) is 12.5. The molecule has 0 bridgehead atoms. The second-order valence-corrected chi connectivity index (χ2v) is 6.52. The van der Waals surface area contributed by atoms with Crippen molar-refractivity contribution in [1.29, 1.82) is 0 Å². The van der Waals surface area contributed by atoms with E-state index in [1.54, 1.807) is 12.1 Å². The van der Waals surface area contributed by atoms with Gasteiger partial charge in [0.05, 0.1) is 0 Å². The van der Waals surface area contributed by atoms with E-state index in [-0.39, 0.29) is 5.75 Å². The maximum Gasteiger partial charge on any atom is 0.120 e. The Labute approximate surface area is 157 Å². The van der Waals surface area contributed by atoms with Crippen molar-refractivity contribution in [3.63, 3.8) is 0 Å². The van der Waals surface area contributed by atoms with E-state index < -0.39 is 0 Å². The molecule has 0 saturated heterocycles.